The van der Waals surface area contributed by atoms with Crippen molar-refractivity contribution in [2.45, 2.75) is 51.2 Å². The highest BCUT2D eigenvalue weighted by Gasteiger charge is 2.37. The Morgan fingerprint density at radius 2 is 2.08 bits per heavy atom. The molecular formula is C20H27N3O3. The Labute approximate surface area is 153 Å². The molecule has 2 N–H and O–H groups in total. The third-order valence-corrected chi connectivity index (χ3v) is 5.70. The fourth-order valence-electron chi connectivity index (χ4n) is 3.63. The van der Waals surface area contributed by atoms with Crippen LogP contribution in [0.25, 0.3) is 10.9 Å². The molecule has 0 amide bonds. The van der Waals surface area contributed by atoms with Crippen LogP contribution < -0.4 is 10.1 Å². The van der Waals surface area contributed by atoms with Crippen LogP contribution in [-0.2, 0) is 4.74 Å². The number of nitrogens with zero attached hydrogens (tertiary/aromatic N) is 2. The second-order valence-electron chi connectivity index (χ2n) is 7.67. The summed E-state index contributed by atoms with van der Waals surface area (Å²) in [5.41, 5.74) is 0.978. The largest absolute Gasteiger partial charge is 0.491 e. The van der Waals surface area contributed by atoms with E-state index in [0.717, 1.165) is 62.0 Å². The maximum atomic E-state index is 9.66. The predicted molar refractivity (Wildman–Crippen MR) is 100 cm³/mol. The number of para-hydroxylation sites is 1. The second-order valence-corrected chi connectivity index (χ2v) is 7.67. The average Bonchev–Trinajstić information content (AvgIpc) is 2.63. The number of nitrogens with one attached hydrogen (secondary N) is 1. The molecule has 0 unspecified atom stereocenters. The number of hydrogen-bond acceptors (Lipinski definition) is 6. The van der Waals surface area contributed by atoms with Crippen molar-refractivity contribution in [3.8, 4) is 5.75 Å². The molecule has 1 aromatic heterocycles. The summed E-state index contributed by atoms with van der Waals surface area (Å²) in [5, 5.41) is 14.0. The van der Waals surface area contributed by atoms with E-state index in [-0.39, 0.29) is 11.5 Å². The lowest BCUT2D eigenvalue weighted by Gasteiger charge is -2.40. The molecule has 6 nitrogen and oxygen atoms in total. The molecule has 0 bridgehead atoms. The first-order valence-corrected chi connectivity index (χ1v) is 9.58. The van der Waals surface area contributed by atoms with Gasteiger partial charge in [-0.3, -0.25) is 0 Å². The third kappa shape index (κ3) is 3.62. The van der Waals surface area contributed by atoms with Crippen LogP contribution in [0.1, 0.15) is 39.0 Å². The van der Waals surface area contributed by atoms with Crippen molar-refractivity contribution >= 4 is 16.9 Å². The summed E-state index contributed by atoms with van der Waals surface area (Å²) < 4.78 is 11.5. The van der Waals surface area contributed by atoms with Gasteiger partial charge in [0.05, 0.1) is 31.3 Å². The van der Waals surface area contributed by atoms with Crippen molar-refractivity contribution in [2.75, 3.05) is 25.1 Å². The Balaban J connectivity index is 1.50. The van der Waals surface area contributed by atoms with E-state index in [4.69, 9.17) is 14.5 Å². The molecule has 2 heterocycles. The van der Waals surface area contributed by atoms with Crippen LogP contribution in [0, 0.1) is 5.41 Å². The molecule has 1 aliphatic carbocycles. The summed E-state index contributed by atoms with van der Waals surface area (Å²) in [6, 6.07) is 6.27. The highest BCUT2D eigenvalue weighted by molar-refractivity contribution is 5.84. The van der Waals surface area contributed by atoms with Gasteiger partial charge in [0.25, 0.3) is 0 Å². The molecule has 1 aromatic carbocycles. The van der Waals surface area contributed by atoms with Gasteiger partial charge in [0, 0.05) is 17.6 Å². The van der Waals surface area contributed by atoms with Gasteiger partial charge in [-0.2, -0.15) is 0 Å². The van der Waals surface area contributed by atoms with Gasteiger partial charge < -0.3 is 19.9 Å². The number of hydrogen-bond donors (Lipinski definition) is 2. The zero-order chi connectivity index (χ0) is 18.0. The number of aliphatic hydroxyl groups is 1. The lowest BCUT2D eigenvalue weighted by Crippen LogP contribution is -2.46. The van der Waals surface area contributed by atoms with Gasteiger partial charge in [0.15, 0.2) is 0 Å². The molecule has 0 atom stereocenters. The topological polar surface area (TPSA) is 76.5 Å². The number of fused-ring (bicyclic) bond motifs is 1. The van der Waals surface area contributed by atoms with E-state index in [1.807, 2.05) is 24.4 Å². The molecule has 4 rings (SSSR count). The molecule has 0 spiro atoms. The predicted octanol–water partition coefficient (Wildman–Crippen LogP) is 3.15. The van der Waals surface area contributed by atoms with Crippen LogP contribution in [0.4, 0.5) is 5.95 Å². The van der Waals surface area contributed by atoms with E-state index in [0.29, 0.717) is 18.6 Å². The maximum Gasteiger partial charge on any atom is 0.223 e. The molecule has 2 aliphatic rings. The van der Waals surface area contributed by atoms with Crippen molar-refractivity contribution in [3.63, 3.8) is 0 Å². The van der Waals surface area contributed by atoms with Crippen LogP contribution in [0.2, 0.25) is 0 Å². The Morgan fingerprint density at radius 3 is 2.77 bits per heavy atom. The van der Waals surface area contributed by atoms with Crippen LogP contribution in [0.3, 0.4) is 0 Å². The first-order chi connectivity index (χ1) is 12.7. The first-order valence-electron chi connectivity index (χ1n) is 9.58. The first kappa shape index (κ1) is 17.5. The quantitative estimate of drug-likeness (QED) is 0.827. The van der Waals surface area contributed by atoms with Gasteiger partial charge in [0.2, 0.25) is 5.95 Å². The van der Waals surface area contributed by atoms with Crippen LogP contribution in [0.5, 0.6) is 5.75 Å². The summed E-state index contributed by atoms with van der Waals surface area (Å²) >= 11 is 0. The Kier molecular flexibility index (Phi) is 4.96. The fourth-order valence-corrected chi connectivity index (χ4v) is 3.63. The normalized spacial score (nSPS) is 24.8. The molecule has 2 fully saturated rings. The SMILES string of the molecule is CCC1(COc2cccc3cnc(NC4CCC(O)CC4)nc23)COC1. The summed E-state index contributed by atoms with van der Waals surface area (Å²) in [7, 11) is 0. The van der Waals surface area contributed by atoms with Gasteiger partial charge >= 0.3 is 0 Å². The standard InChI is InChI=1S/C20H27N3O3/c1-2-20(11-25-12-20)13-26-17-5-3-4-14-10-21-19(23-18(14)17)22-15-6-8-16(24)9-7-15/h3-5,10,15-16,24H,2,6-9,11-13H2,1H3,(H,21,22,23). The van der Waals surface area contributed by atoms with Gasteiger partial charge in [-0.05, 0) is 38.2 Å². The highest BCUT2D eigenvalue weighted by Crippen LogP contribution is 2.33. The zero-order valence-corrected chi connectivity index (χ0v) is 15.3. The molecule has 6 heteroatoms. The fraction of sp³-hybridized carbons (Fsp3) is 0.600. The summed E-state index contributed by atoms with van der Waals surface area (Å²) in [6.45, 7) is 4.36. The van der Waals surface area contributed by atoms with Crippen molar-refractivity contribution in [1.29, 1.82) is 0 Å². The van der Waals surface area contributed by atoms with E-state index in [1.165, 1.54) is 0 Å². The smallest absolute Gasteiger partial charge is 0.223 e. The Morgan fingerprint density at radius 1 is 1.27 bits per heavy atom. The van der Waals surface area contributed by atoms with Crippen LogP contribution in [0.15, 0.2) is 24.4 Å². The van der Waals surface area contributed by atoms with Crippen molar-refractivity contribution in [1.82, 2.24) is 9.97 Å². The monoisotopic (exact) mass is 357 g/mol. The number of ether oxygens (including phenoxy) is 2. The maximum absolute atomic E-state index is 9.66. The molecule has 1 aliphatic heterocycles. The van der Waals surface area contributed by atoms with Gasteiger partial charge in [-0.1, -0.05) is 19.1 Å². The molecule has 26 heavy (non-hydrogen) atoms. The van der Waals surface area contributed by atoms with E-state index < -0.39 is 0 Å². The summed E-state index contributed by atoms with van der Waals surface area (Å²) in [6.07, 6.45) is 6.29. The van der Waals surface area contributed by atoms with E-state index in [1.54, 1.807) is 0 Å². The van der Waals surface area contributed by atoms with Crippen LogP contribution >= 0.6 is 0 Å². The summed E-state index contributed by atoms with van der Waals surface area (Å²) in [4.78, 5) is 9.17. The number of anilines is 1. The van der Waals surface area contributed by atoms with Crippen molar-refractivity contribution in [2.24, 2.45) is 5.41 Å². The number of rotatable bonds is 6. The van der Waals surface area contributed by atoms with Gasteiger partial charge in [0.1, 0.15) is 11.3 Å². The van der Waals surface area contributed by atoms with Crippen molar-refractivity contribution in [3.05, 3.63) is 24.4 Å². The molecule has 0 radical (unpaired) electrons. The van der Waals surface area contributed by atoms with Gasteiger partial charge in [-0.25, -0.2) is 9.97 Å². The molecular weight excluding hydrogens is 330 g/mol. The average molecular weight is 357 g/mol. The Bertz CT molecular complexity index is 750. The van der Waals surface area contributed by atoms with Crippen LogP contribution in [-0.4, -0.2) is 47.0 Å². The van der Waals surface area contributed by atoms with Gasteiger partial charge in [-0.15, -0.1) is 0 Å². The number of aliphatic hydroxyl groups excluding tert-OH is 1. The molecule has 2 aromatic rings. The van der Waals surface area contributed by atoms with E-state index in [2.05, 4.69) is 17.2 Å². The minimum absolute atomic E-state index is 0.138. The second kappa shape index (κ2) is 7.37. The van der Waals surface area contributed by atoms with E-state index >= 15 is 0 Å². The lowest BCUT2D eigenvalue weighted by atomic mass is 9.84. The molecule has 140 valence electrons. The minimum Gasteiger partial charge on any atom is -0.491 e. The van der Waals surface area contributed by atoms with E-state index in [9.17, 15) is 5.11 Å². The highest BCUT2D eigenvalue weighted by atomic mass is 16.5. The lowest BCUT2D eigenvalue weighted by molar-refractivity contribution is -0.133. The molecule has 1 saturated heterocycles. The Hall–Kier alpha value is -1.92. The number of benzene rings is 1. The van der Waals surface area contributed by atoms with Crippen molar-refractivity contribution < 1.29 is 14.6 Å². The minimum atomic E-state index is -0.160. The molecule has 1 saturated carbocycles. The number of aromatic nitrogens is 2. The summed E-state index contributed by atoms with van der Waals surface area (Å²) in [5.74, 6) is 1.43. The zero-order valence-electron chi connectivity index (χ0n) is 15.3. The third-order valence-electron chi connectivity index (χ3n) is 5.70.